The molecule has 1 heterocycles. The number of aromatic nitrogens is 1. The van der Waals surface area contributed by atoms with Crippen LogP contribution in [0.4, 0.5) is 0 Å². The SMILES string of the molecule is O=C(NC(CO)CO)c1cccc2cc[nH]c12. The largest absolute Gasteiger partial charge is 0.394 e. The van der Waals surface area contributed by atoms with Gasteiger partial charge in [0, 0.05) is 11.6 Å². The Bertz CT molecular complexity index is 517. The Hall–Kier alpha value is -1.85. The highest BCUT2D eigenvalue weighted by Gasteiger charge is 2.14. The van der Waals surface area contributed by atoms with Crippen molar-refractivity contribution in [3.05, 3.63) is 36.0 Å². The van der Waals surface area contributed by atoms with Gasteiger partial charge in [-0.05, 0) is 12.1 Å². The lowest BCUT2D eigenvalue weighted by Crippen LogP contribution is -2.40. The summed E-state index contributed by atoms with van der Waals surface area (Å²) in [5, 5.41) is 21.3. The van der Waals surface area contributed by atoms with Crippen molar-refractivity contribution >= 4 is 16.8 Å². The Morgan fingerprint density at radius 2 is 2.06 bits per heavy atom. The summed E-state index contributed by atoms with van der Waals surface area (Å²) in [4.78, 5) is 14.9. The first kappa shape index (κ1) is 11.6. The van der Waals surface area contributed by atoms with Gasteiger partial charge in [0.2, 0.25) is 0 Å². The number of fused-ring (bicyclic) bond motifs is 1. The van der Waals surface area contributed by atoms with E-state index in [0.717, 1.165) is 10.9 Å². The van der Waals surface area contributed by atoms with Gasteiger partial charge in [0.05, 0.1) is 30.3 Å². The minimum Gasteiger partial charge on any atom is -0.394 e. The highest BCUT2D eigenvalue weighted by Crippen LogP contribution is 2.16. The first-order valence-corrected chi connectivity index (χ1v) is 5.35. The van der Waals surface area contributed by atoms with Gasteiger partial charge < -0.3 is 20.5 Å². The van der Waals surface area contributed by atoms with Gasteiger partial charge in [0.1, 0.15) is 0 Å². The van der Waals surface area contributed by atoms with Crippen molar-refractivity contribution in [2.75, 3.05) is 13.2 Å². The highest BCUT2D eigenvalue weighted by molar-refractivity contribution is 6.05. The van der Waals surface area contributed by atoms with E-state index in [-0.39, 0.29) is 19.1 Å². The van der Waals surface area contributed by atoms with E-state index < -0.39 is 6.04 Å². The van der Waals surface area contributed by atoms with Crippen molar-refractivity contribution in [2.24, 2.45) is 0 Å². The number of hydrogen-bond donors (Lipinski definition) is 4. The molecule has 0 atom stereocenters. The summed E-state index contributed by atoms with van der Waals surface area (Å²) in [5.41, 5.74) is 1.25. The van der Waals surface area contributed by atoms with E-state index in [0.29, 0.717) is 5.56 Å². The normalized spacial score (nSPS) is 11.0. The fraction of sp³-hybridized carbons (Fsp3) is 0.250. The second kappa shape index (κ2) is 4.99. The van der Waals surface area contributed by atoms with E-state index in [2.05, 4.69) is 10.3 Å². The average molecular weight is 234 g/mol. The number of H-pyrrole nitrogens is 1. The molecule has 0 aliphatic carbocycles. The maximum absolute atomic E-state index is 11.9. The Morgan fingerprint density at radius 1 is 1.29 bits per heavy atom. The standard InChI is InChI=1S/C12H14N2O3/c15-6-9(7-16)14-12(17)10-3-1-2-8-4-5-13-11(8)10/h1-5,9,13,15-16H,6-7H2,(H,14,17). The van der Waals surface area contributed by atoms with Crippen molar-refractivity contribution in [1.82, 2.24) is 10.3 Å². The summed E-state index contributed by atoms with van der Waals surface area (Å²) >= 11 is 0. The van der Waals surface area contributed by atoms with E-state index in [1.165, 1.54) is 0 Å². The molecule has 0 saturated heterocycles. The summed E-state index contributed by atoms with van der Waals surface area (Å²) in [6.45, 7) is -0.577. The number of hydrogen-bond acceptors (Lipinski definition) is 3. The lowest BCUT2D eigenvalue weighted by molar-refractivity contribution is 0.0881. The van der Waals surface area contributed by atoms with E-state index in [1.54, 1.807) is 18.3 Å². The second-order valence-corrected chi connectivity index (χ2v) is 3.78. The molecule has 1 amide bonds. The quantitative estimate of drug-likeness (QED) is 0.611. The summed E-state index contributed by atoms with van der Waals surface area (Å²) in [7, 11) is 0. The van der Waals surface area contributed by atoms with Crippen molar-refractivity contribution in [1.29, 1.82) is 0 Å². The molecule has 0 radical (unpaired) electrons. The first-order valence-electron chi connectivity index (χ1n) is 5.35. The third-order valence-corrected chi connectivity index (χ3v) is 2.61. The van der Waals surface area contributed by atoms with E-state index in [9.17, 15) is 4.79 Å². The summed E-state index contributed by atoms with van der Waals surface area (Å²) in [6.07, 6.45) is 1.76. The predicted octanol–water partition coefficient (Wildman–Crippen LogP) is 0.251. The molecular formula is C12H14N2O3. The van der Waals surface area contributed by atoms with Gasteiger partial charge >= 0.3 is 0 Å². The molecule has 0 fully saturated rings. The zero-order valence-corrected chi connectivity index (χ0v) is 9.18. The van der Waals surface area contributed by atoms with Crippen molar-refractivity contribution in [2.45, 2.75) is 6.04 Å². The molecule has 0 bridgehead atoms. The number of aliphatic hydroxyl groups excluding tert-OH is 2. The third-order valence-electron chi connectivity index (χ3n) is 2.61. The van der Waals surface area contributed by atoms with E-state index in [1.807, 2.05) is 12.1 Å². The van der Waals surface area contributed by atoms with E-state index in [4.69, 9.17) is 10.2 Å². The van der Waals surface area contributed by atoms with Crippen LogP contribution in [0.25, 0.3) is 10.9 Å². The molecule has 4 N–H and O–H groups in total. The van der Waals surface area contributed by atoms with Gasteiger partial charge in [-0.2, -0.15) is 0 Å². The van der Waals surface area contributed by atoms with Gasteiger partial charge in [-0.25, -0.2) is 0 Å². The molecule has 1 aromatic carbocycles. The molecule has 0 saturated carbocycles. The number of aromatic amines is 1. The fourth-order valence-electron chi connectivity index (χ4n) is 1.69. The first-order chi connectivity index (χ1) is 8.26. The monoisotopic (exact) mass is 234 g/mol. The van der Waals surface area contributed by atoms with Crippen LogP contribution in [0.1, 0.15) is 10.4 Å². The number of aliphatic hydroxyl groups is 2. The number of carbonyl (C=O) groups is 1. The lowest BCUT2D eigenvalue weighted by atomic mass is 10.1. The van der Waals surface area contributed by atoms with E-state index >= 15 is 0 Å². The van der Waals surface area contributed by atoms with Crippen LogP contribution < -0.4 is 5.32 Å². The molecule has 0 spiro atoms. The topological polar surface area (TPSA) is 85.3 Å². The second-order valence-electron chi connectivity index (χ2n) is 3.78. The van der Waals surface area contributed by atoms with Crippen molar-refractivity contribution in [3.63, 3.8) is 0 Å². The lowest BCUT2D eigenvalue weighted by Gasteiger charge is -2.13. The third kappa shape index (κ3) is 2.30. The van der Waals surface area contributed by atoms with Crippen LogP contribution in [-0.4, -0.2) is 40.4 Å². The summed E-state index contributed by atoms with van der Waals surface area (Å²) in [5.74, 6) is -0.314. The maximum Gasteiger partial charge on any atom is 0.253 e. The van der Waals surface area contributed by atoms with Crippen LogP contribution in [0.3, 0.4) is 0 Å². The van der Waals surface area contributed by atoms with Gasteiger partial charge in [0.25, 0.3) is 5.91 Å². The zero-order chi connectivity index (χ0) is 12.3. The Labute approximate surface area is 98.1 Å². The van der Waals surface area contributed by atoms with Crippen LogP contribution in [0, 0.1) is 0 Å². The molecule has 17 heavy (non-hydrogen) atoms. The summed E-state index contributed by atoms with van der Waals surface area (Å²) < 4.78 is 0. The molecular weight excluding hydrogens is 220 g/mol. The molecule has 90 valence electrons. The molecule has 2 rings (SSSR count). The van der Waals surface area contributed by atoms with Crippen LogP contribution in [0.2, 0.25) is 0 Å². The molecule has 2 aromatic rings. The zero-order valence-electron chi connectivity index (χ0n) is 9.18. The predicted molar refractivity (Wildman–Crippen MR) is 63.7 cm³/mol. The summed E-state index contributed by atoms with van der Waals surface area (Å²) in [6, 6.07) is 6.63. The number of carbonyl (C=O) groups excluding carboxylic acids is 1. The van der Waals surface area contributed by atoms with Crippen LogP contribution in [-0.2, 0) is 0 Å². The van der Waals surface area contributed by atoms with Gasteiger partial charge in [-0.1, -0.05) is 12.1 Å². The minimum atomic E-state index is -0.632. The Kier molecular flexibility index (Phi) is 3.41. The van der Waals surface area contributed by atoms with Crippen molar-refractivity contribution < 1.29 is 15.0 Å². The van der Waals surface area contributed by atoms with Gasteiger partial charge in [-0.3, -0.25) is 4.79 Å². The smallest absolute Gasteiger partial charge is 0.253 e. The van der Waals surface area contributed by atoms with Crippen LogP contribution in [0.5, 0.6) is 0 Å². The minimum absolute atomic E-state index is 0.289. The van der Waals surface area contributed by atoms with Crippen LogP contribution in [0.15, 0.2) is 30.5 Å². The number of amides is 1. The molecule has 0 unspecified atom stereocenters. The number of nitrogens with one attached hydrogen (secondary N) is 2. The van der Waals surface area contributed by atoms with Crippen molar-refractivity contribution in [3.8, 4) is 0 Å². The number of rotatable bonds is 4. The Balaban J connectivity index is 2.27. The molecule has 0 aliphatic rings. The van der Waals surface area contributed by atoms with Gasteiger partial charge in [-0.15, -0.1) is 0 Å². The number of para-hydroxylation sites is 1. The molecule has 0 aliphatic heterocycles. The number of benzene rings is 1. The maximum atomic E-state index is 11.9. The molecule has 1 aromatic heterocycles. The average Bonchev–Trinajstić information content (AvgIpc) is 2.83. The fourth-order valence-corrected chi connectivity index (χ4v) is 1.69. The molecule has 5 nitrogen and oxygen atoms in total. The Morgan fingerprint density at radius 3 is 2.76 bits per heavy atom. The van der Waals surface area contributed by atoms with Crippen LogP contribution >= 0.6 is 0 Å². The molecule has 5 heteroatoms. The highest BCUT2D eigenvalue weighted by atomic mass is 16.3. The van der Waals surface area contributed by atoms with Gasteiger partial charge in [0.15, 0.2) is 0 Å².